The topological polar surface area (TPSA) is 70.5 Å². The van der Waals surface area contributed by atoms with Gasteiger partial charge in [0.1, 0.15) is 23.7 Å². The second-order valence-corrected chi connectivity index (χ2v) is 5.36. The molecule has 0 radical (unpaired) electrons. The number of aromatic nitrogens is 2. The van der Waals surface area contributed by atoms with Crippen molar-refractivity contribution in [3.63, 3.8) is 0 Å². The van der Waals surface area contributed by atoms with E-state index in [1.165, 1.54) is 14.2 Å². The van der Waals surface area contributed by atoms with Crippen molar-refractivity contribution in [2.45, 2.75) is 13.5 Å². The monoisotopic (exact) mass is 338 g/mol. The fourth-order valence-electron chi connectivity index (χ4n) is 2.52. The summed E-state index contributed by atoms with van der Waals surface area (Å²) in [6, 6.07) is 12.7. The third-order valence-electron chi connectivity index (χ3n) is 3.81. The van der Waals surface area contributed by atoms with Crippen molar-refractivity contribution in [1.29, 1.82) is 0 Å². The van der Waals surface area contributed by atoms with Crippen LogP contribution in [0.2, 0.25) is 0 Å². The smallest absolute Gasteiger partial charge is 0.346 e. The molecular formula is C19H18N2O4. The van der Waals surface area contributed by atoms with E-state index in [9.17, 15) is 4.79 Å². The van der Waals surface area contributed by atoms with Crippen LogP contribution >= 0.6 is 0 Å². The quantitative estimate of drug-likeness (QED) is 0.665. The minimum Gasteiger partial charge on any atom is -0.496 e. The maximum absolute atomic E-state index is 12.5. The van der Waals surface area contributed by atoms with Crippen LogP contribution in [0.5, 0.6) is 11.5 Å². The first-order valence-corrected chi connectivity index (χ1v) is 7.74. The Kier molecular flexibility index (Phi) is 4.79. The van der Waals surface area contributed by atoms with Gasteiger partial charge in [-0.15, -0.1) is 0 Å². The lowest BCUT2D eigenvalue weighted by Crippen LogP contribution is -2.11. The number of hydrogen-bond acceptors (Lipinski definition) is 6. The zero-order valence-electron chi connectivity index (χ0n) is 14.3. The lowest BCUT2D eigenvalue weighted by molar-refractivity contribution is 0.0459. The highest BCUT2D eigenvalue weighted by atomic mass is 16.5. The highest BCUT2D eigenvalue weighted by Crippen LogP contribution is 2.29. The molecule has 2 aromatic carbocycles. The van der Waals surface area contributed by atoms with Crippen molar-refractivity contribution < 1.29 is 19.0 Å². The van der Waals surface area contributed by atoms with Gasteiger partial charge >= 0.3 is 5.97 Å². The van der Waals surface area contributed by atoms with Crippen LogP contribution in [-0.2, 0) is 11.3 Å². The molecule has 0 aliphatic carbocycles. The Bertz CT molecular complexity index is 902. The van der Waals surface area contributed by atoms with Gasteiger partial charge in [-0.2, -0.15) is 0 Å². The van der Waals surface area contributed by atoms with Crippen molar-refractivity contribution in [2.24, 2.45) is 0 Å². The van der Waals surface area contributed by atoms with Gasteiger partial charge in [-0.1, -0.05) is 18.2 Å². The summed E-state index contributed by atoms with van der Waals surface area (Å²) in [6.45, 7) is 1.86. The highest BCUT2D eigenvalue weighted by molar-refractivity contribution is 5.95. The van der Waals surface area contributed by atoms with E-state index in [1.54, 1.807) is 18.2 Å². The largest absolute Gasteiger partial charge is 0.496 e. The van der Waals surface area contributed by atoms with Crippen LogP contribution in [0.1, 0.15) is 21.7 Å². The summed E-state index contributed by atoms with van der Waals surface area (Å²) >= 11 is 0. The molecule has 0 saturated carbocycles. The van der Waals surface area contributed by atoms with Crippen LogP contribution < -0.4 is 9.47 Å². The van der Waals surface area contributed by atoms with Gasteiger partial charge in [0.25, 0.3) is 0 Å². The number of ether oxygens (including phenoxy) is 3. The Morgan fingerprint density at radius 3 is 2.12 bits per heavy atom. The average Bonchev–Trinajstić information content (AvgIpc) is 2.65. The van der Waals surface area contributed by atoms with Crippen molar-refractivity contribution in [3.8, 4) is 11.5 Å². The number of rotatable bonds is 5. The molecule has 0 bridgehead atoms. The fraction of sp³-hybridized carbons (Fsp3) is 0.211. The maximum Gasteiger partial charge on any atom is 0.346 e. The van der Waals surface area contributed by atoms with Gasteiger partial charge in [0.05, 0.1) is 36.6 Å². The van der Waals surface area contributed by atoms with Crippen molar-refractivity contribution in [2.75, 3.05) is 14.2 Å². The van der Waals surface area contributed by atoms with Crippen LogP contribution in [0.15, 0.2) is 42.5 Å². The van der Waals surface area contributed by atoms with Crippen LogP contribution in [0.4, 0.5) is 0 Å². The highest BCUT2D eigenvalue weighted by Gasteiger charge is 2.20. The van der Waals surface area contributed by atoms with E-state index in [0.29, 0.717) is 17.2 Å². The van der Waals surface area contributed by atoms with Crippen LogP contribution in [-0.4, -0.2) is 30.2 Å². The first-order valence-electron chi connectivity index (χ1n) is 7.74. The number of methoxy groups -OCH3 is 2. The Hall–Kier alpha value is -3.15. The van der Waals surface area contributed by atoms with Crippen molar-refractivity contribution in [3.05, 3.63) is 59.4 Å². The fourth-order valence-corrected chi connectivity index (χ4v) is 2.52. The number of hydrogen-bond donors (Lipinski definition) is 0. The van der Waals surface area contributed by atoms with Gasteiger partial charge in [-0.3, -0.25) is 0 Å². The zero-order valence-corrected chi connectivity index (χ0v) is 14.3. The van der Waals surface area contributed by atoms with Gasteiger partial charge in [-0.05, 0) is 31.2 Å². The molecule has 3 aromatic rings. The zero-order chi connectivity index (χ0) is 17.8. The molecule has 0 aliphatic rings. The number of benzene rings is 2. The van der Waals surface area contributed by atoms with E-state index in [2.05, 4.69) is 9.97 Å². The van der Waals surface area contributed by atoms with Gasteiger partial charge in [-0.25, -0.2) is 14.8 Å². The molecule has 0 N–H and O–H groups in total. The first-order chi connectivity index (χ1) is 12.1. The maximum atomic E-state index is 12.5. The molecule has 0 aliphatic heterocycles. The molecule has 3 rings (SSSR count). The molecule has 0 fully saturated rings. The lowest BCUT2D eigenvalue weighted by Gasteiger charge is -2.13. The van der Waals surface area contributed by atoms with Crippen molar-refractivity contribution in [1.82, 2.24) is 9.97 Å². The molecule has 0 atom stereocenters. The second-order valence-electron chi connectivity index (χ2n) is 5.36. The minimum atomic E-state index is -0.538. The van der Waals surface area contributed by atoms with E-state index < -0.39 is 5.97 Å². The summed E-state index contributed by atoms with van der Waals surface area (Å²) < 4.78 is 15.9. The van der Waals surface area contributed by atoms with E-state index in [0.717, 1.165) is 16.7 Å². The Morgan fingerprint density at radius 2 is 1.52 bits per heavy atom. The van der Waals surface area contributed by atoms with E-state index in [4.69, 9.17) is 14.2 Å². The van der Waals surface area contributed by atoms with Gasteiger partial charge in [0.15, 0.2) is 0 Å². The number of esters is 1. The van der Waals surface area contributed by atoms with Crippen LogP contribution in [0, 0.1) is 6.92 Å². The Morgan fingerprint density at radius 1 is 0.920 bits per heavy atom. The Labute approximate surface area is 145 Å². The minimum absolute atomic E-state index is 0.0176. The number of carbonyl (C=O) groups excluding carboxylic acids is 1. The summed E-state index contributed by atoms with van der Waals surface area (Å²) in [5, 5.41) is 0. The molecule has 0 saturated heterocycles. The van der Waals surface area contributed by atoms with Gasteiger partial charge < -0.3 is 14.2 Å². The lowest BCUT2D eigenvalue weighted by atomic mass is 10.2. The molecule has 0 amide bonds. The average molecular weight is 338 g/mol. The molecule has 128 valence electrons. The number of aryl methyl sites for hydroxylation is 1. The summed E-state index contributed by atoms with van der Waals surface area (Å²) in [5.74, 6) is 0.250. The SMILES string of the molecule is COc1cccc(OC)c1C(=O)OCc1nc2ccccc2nc1C. The number of fused-ring (bicyclic) bond motifs is 1. The van der Waals surface area contributed by atoms with Crippen LogP contribution in [0.3, 0.4) is 0 Å². The summed E-state index contributed by atoms with van der Waals surface area (Å²) in [4.78, 5) is 21.5. The molecule has 0 spiro atoms. The molecule has 0 unspecified atom stereocenters. The van der Waals surface area contributed by atoms with Gasteiger partial charge in [0.2, 0.25) is 0 Å². The molecule has 1 heterocycles. The predicted molar refractivity (Wildman–Crippen MR) is 92.9 cm³/mol. The van der Waals surface area contributed by atoms with E-state index >= 15 is 0 Å². The van der Waals surface area contributed by atoms with Crippen molar-refractivity contribution >= 4 is 17.0 Å². The number of para-hydroxylation sites is 2. The standard InChI is InChI=1S/C19H18N2O4/c1-12-15(21-14-8-5-4-7-13(14)20-12)11-25-19(22)18-16(23-2)9-6-10-17(18)24-3/h4-10H,11H2,1-3H3. The Balaban J connectivity index is 1.85. The summed E-state index contributed by atoms with van der Waals surface area (Å²) in [6.07, 6.45) is 0. The van der Waals surface area contributed by atoms with Crippen LogP contribution in [0.25, 0.3) is 11.0 Å². The summed E-state index contributed by atoms with van der Waals surface area (Å²) in [7, 11) is 2.98. The first kappa shape index (κ1) is 16.7. The molecule has 25 heavy (non-hydrogen) atoms. The number of carbonyl (C=O) groups is 1. The normalized spacial score (nSPS) is 10.5. The van der Waals surface area contributed by atoms with Gasteiger partial charge in [0, 0.05) is 0 Å². The second kappa shape index (κ2) is 7.17. The third-order valence-corrected chi connectivity index (χ3v) is 3.81. The predicted octanol–water partition coefficient (Wildman–Crippen LogP) is 3.31. The molecule has 6 nitrogen and oxygen atoms in total. The molecule has 1 aromatic heterocycles. The third kappa shape index (κ3) is 3.38. The molecular weight excluding hydrogens is 320 g/mol. The number of nitrogens with zero attached hydrogens (tertiary/aromatic N) is 2. The van der Waals surface area contributed by atoms with E-state index in [-0.39, 0.29) is 12.2 Å². The molecule has 6 heteroatoms. The van der Waals surface area contributed by atoms with E-state index in [1.807, 2.05) is 31.2 Å². The summed E-state index contributed by atoms with van der Waals surface area (Å²) in [5.41, 5.74) is 3.15.